The molecule has 0 unspecified atom stereocenters. The minimum atomic E-state index is -0.125. The Kier molecular flexibility index (Phi) is 4.35. The molecule has 0 radical (unpaired) electrons. The van der Waals surface area contributed by atoms with Crippen molar-refractivity contribution in [2.45, 2.75) is 6.92 Å². The Hall–Kier alpha value is -2.85. The van der Waals surface area contributed by atoms with Gasteiger partial charge in [-0.2, -0.15) is 0 Å². The number of halogens is 1. The third-order valence-corrected chi connectivity index (χ3v) is 5.53. The lowest BCUT2D eigenvalue weighted by molar-refractivity contribution is 0.102. The van der Waals surface area contributed by atoms with Crippen molar-refractivity contribution in [1.29, 1.82) is 0 Å². The molecule has 1 heterocycles. The van der Waals surface area contributed by atoms with Crippen LogP contribution in [0.2, 0.25) is 0 Å². The average molecular weight is 405 g/mol. The Morgan fingerprint density at radius 1 is 0.962 bits per heavy atom. The number of H-pyrrole nitrogens is 1. The molecule has 4 aromatic rings. The third kappa shape index (κ3) is 3.04. The van der Waals surface area contributed by atoms with Gasteiger partial charge in [-0.3, -0.25) is 4.79 Å². The molecule has 0 saturated heterocycles. The van der Waals surface area contributed by atoms with Crippen molar-refractivity contribution in [1.82, 2.24) is 4.98 Å². The third-order valence-electron chi connectivity index (χ3n) is 4.48. The first-order valence-electron chi connectivity index (χ1n) is 8.36. The van der Waals surface area contributed by atoms with Crippen LogP contribution in [0.15, 0.2) is 77.4 Å². The molecule has 3 aromatic carbocycles. The smallest absolute Gasteiger partial charge is 0.256 e. The summed E-state index contributed by atoms with van der Waals surface area (Å²) >= 11 is 3.49. The number of aryl methyl sites for hydroxylation is 1. The predicted molar refractivity (Wildman–Crippen MR) is 111 cm³/mol. The second-order valence-corrected chi connectivity index (χ2v) is 7.01. The first-order valence-corrected chi connectivity index (χ1v) is 9.16. The fraction of sp³-hybridized carbons (Fsp3) is 0.0455. The molecule has 2 N–H and O–H groups in total. The number of nitrogens with one attached hydrogen (secondary N) is 2. The molecule has 1 amide bonds. The molecule has 0 bridgehead atoms. The molecule has 26 heavy (non-hydrogen) atoms. The van der Waals surface area contributed by atoms with Crippen LogP contribution >= 0.6 is 15.9 Å². The van der Waals surface area contributed by atoms with E-state index in [4.69, 9.17) is 0 Å². The van der Waals surface area contributed by atoms with Gasteiger partial charge in [-0.1, -0.05) is 42.5 Å². The van der Waals surface area contributed by atoms with E-state index in [-0.39, 0.29) is 5.91 Å². The summed E-state index contributed by atoms with van der Waals surface area (Å²) in [5, 5.41) is 4.15. The summed E-state index contributed by atoms with van der Waals surface area (Å²) < 4.78 is 0.827. The Morgan fingerprint density at radius 3 is 2.54 bits per heavy atom. The number of hydrogen-bond acceptors (Lipinski definition) is 1. The number of para-hydroxylation sites is 1. The average Bonchev–Trinajstić information content (AvgIpc) is 3.09. The number of fused-ring (bicyclic) bond motifs is 1. The molecular weight excluding hydrogens is 388 g/mol. The fourth-order valence-electron chi connectivity index (χ4n) is 3.06. The van der Waals surface area contributed by atoms with E-state index in [1.54, 1.807) is 0 Å². The van der Waals surface area contributed by atoms with E-state index < -0.39 is 0 Å². The van der Waals surface area contributed by atoms with Gasteiger partial charge in [0.1, 0.15) is 0 Å². The number of benzene rings is 3. The largest absolute Gasteiger partial charge is 0.361 e. The highest BCUT2D eigenvalue weighted by atomic mass is 79.9. The second kappa shape index (κ2) is 6.81. The summed E-state index contributed by atoms with van der Waals surface area (Å²) in [6.07, 6.45) is 2.02. The molecule has 3 nitrogen and oxygen atoms in total. The summed E-state index contributed by atoms with van der Waals surface area (Å²) in [7, 11) is 0. The Morgan fingerprint density at radius 2 is 1.73 bits per heavy atom. The monoisotopic (exact) mass is 404 g/mol. The molecule has 0 saturated carbocycles. The Balaban J connectivity index is 1.58. The highest BCUT2D eigenvalue weighted by Gasteiger charge is 2.12. The summed E-state index contributed by atoms with van der Waals surface area (Å²) in [5.41, 5.74) is 5.81. The van der Waals surface area contributed by atoms with Crippen molar-refractivity contribution in [2.24, 2.45) is 0 Å². The van der Waals surface area contributed by atoms with Crippen LogP contribution in [-0.2, 0) is 0 Å². The van der Waals surface area contributed by atoms with Crippen LogP contribution in [0.1, 0.15) is 15.9 Å². The molecule has 4 rings (SSSR count). The van der Waals surface area contributed by atoms with Gasteiger partial charge >= 0.3 is 0 Å². The van der Waals surface area contributed by atoms with E-state index in [0.717, 1.165) is 32.4 Å². The Labute approximate surface area is 160 Å². The standard InChI is InChI=1S/C22H17BrN2O/c1-14-5-4-7-18(21(14)23)22(26)25-16-11-9-15(10-12-16)19-13-24-20-8-3-2-6-17(19)20/h2-13,24H,1H3,(H,25,26). The maximum atomic E-state index is 12.5. The zero-order valence-corrected chi connectivity index (χ0v) is 15.8. The van der Waals surface area contributed by atoms with Gasteiger partial charge in [0, 0.05) is 32.8 Å². The Bertz CT molecular complexity index is 1100. The lowest BCUT2D eigenvalue weighted by Gasteiger charge is -2.09. The van der Waals surface area contributed by atoms with Crippen molar-refractivity contribution >= 4 is 38.4 Å². The SMILES string of the molecule is Cc1cccc(C(=O)Nc2ccc(-c3c[nH]c4ccccc34)cc2)c1Br. The lowest BCUT2D eigenvalue weighted by atomic mass is 10.0. The van der Waals surface area contributed by atoms with Gasteiger partial charge in [0.2, 0.25) is 0 Å². The van der Waals surface area contributed by atoms with Crippen LogP contribution in [0, 0.1) is 6.92 Å². The van der Waals surface area contributed by atoms with Gasteiger partial charge in [-0.25, -0.2) is 0 Å². The second-order valence-electron chi connectivity index (χ2n) is 6.22. The van der Waals surface area contributed by atoms with E-state index in [1.807, 2.05) is 67.7 Å². The van der Waals surface area contributed by atoms with Gasteiger partial charge in [-0.15, -0.1) is 0 Å². The van der Waals surface area contributed by atoms with Crippen molar-refractivity contribution in [3.05, 3.63) is 88.5 Å². The minimum Gasteiger partial charge on any atom is -0.361 e. The summed E-state index contributed by atoms with van der Waals surface area (Å²) in [5.74, 6) is -0.125. The number of carbonyl (C=O) groups is 1. The quantitative estimate of drug-likeness (QED) is 0.421. The first-order chi connectivity index (χ1) is 12.6. The fourth-order valence-corrected chi connectivity index (χ4v) is 3.51. The molecule has 0 aliphatic carbocycles. The minimum absolute atomic E-state index is 0.125. The molecule has 0 aliphatic rings. The van der Waals surface area contributed by atoms with Gasteiger partial charge in [0.15, 0.2) is 0 Å². The number of carbonyl (C=O) groups excluding carboxylic acids is 1. The zero-order chi connectivity index (χ0) is 18.1. The van der Waals surface area contributed by atoms with Crippen LogP contribution in [0.3, 0.4) is 0 Å². The van der Waals surface area contributed by atoms with Crippen LogP contribution in [0.25, 0.3) is 22.0 Å². The first kappa shape index (κ1) is 16.6. The molecule has 4 heteroatoms. The van der Waals surface area contributed by atoms with Gasteiger partial charge in [-0.05, 0) is 58.2 Å². The molecule has 0 fully saturated rings. The van der Waals surface area contributed by atoms with Crippen LogP contribution in [0.5, 0.6) is 0 Å². The normalized spacial score (nSPS) is 10.8. The van der Waals surface area contributed by atoms with Crippen molar-refractivity contribution in [3.63, 3.8) is 0 Å². The number of aromatic nitrogens is 1. The molecular formula is C22H17BrN2O. The van der Waals surface area contributed by atoms with Crippen molar-refractivity contribution in [3.8, 4) is 11.1 Å². The van der Waals surface area contributed by atoms with Crippen molar-refractivity contribution < 1.29 is 4.79 Å². The maximum Gasteiger partial charge on any atom is 0.256 e. The number of anilines is 1. The van der Waals surface area contributed by atoms with E-state index in [9.17, 15) is 4.79 Å². The number of aromatic amines is 1. The van der Waals surface area contributed by atoms with E-state index in [0.29, 0.717) is 5.56 Å². The van der Waals surface area contributed by atoms with E-state index in [1.165, 1.54) is 5.39 Å². The molecule has 1 aromatic heterocycles. The van der Waals surface area contributed by atoms with E-state index in [2.05, 4.69) is 38.4 Å². The molecule has 128 valence electrons. The lowest BCUT2D eigenvalue weighted by Crippen LogP contribution is -2.12. The molecule has 0 spiro atoms. The van der Waals surface area contributed by atoms with Crippen LogP contribution < -0.4 is 5.32 Å². The summed E-state index contributed by atoms with van der Waals surface area (Å²) in [4.78, 5) is 15.8. The summed E-state index contributed by atoms with van der Waals surface area (Å²) in [6, 6.07) is 21.8. The maximum absolute atomic E-state index is 12.5. The van der Waals surface area contributed by atoms with Gasteiger partial charge in [0.25, 0.3) is 5.91 Å². The van der Waals surface area contributed by atoms with Crippen molar-refractivity contribution in [2.75, 3.05) is 5.32 Å². The highest BCUT2D eigenvalue weighted by Crippen LogP contribution is 2.29. The van der Waals surface area contributed by atoms with Crippen LogP contribution in [-0.4, -0.2) is 10.9 Å². The molecule has 0 aliphatic heterocycles. The number of hydrogen-bond donors (Lipinski definition) is 2. The summed E-state index contributed by atoms with van der Waals surface area (Å²) in [6.45, 7) is 1.97. The van der Waals surface area contributed by atoms with E-state index >= 15 is 0 Å². The number of rotatable bonds is 3. The van der Waals surface area contributed by atoms with Crippen LogP contribution in [0.4, 0.5) is 5.69 Å². The number of amides is 1. The predicted octanol–water partition coefficient (Wildman–Crippen LogP) is 6.16. The highest BCUT2D eigenvalue weighted by molar-refractivity contribution is 9.10. The van der Waals surface area contributed by atoms with Gasteiger partial charge in [0.05, 0.1) is 5.56 Å². The van der Waals surface area contributed by atoms with Gasteiger partial charge < -0.3 is 10.3 Å². The molecule has 0 atom stereocenters. The topological polar surface area (TPSA) is 44.9 Å². The zero-order valence-electron chi connectivity index (χ0n) is 14.2.